The second kappa shape index (κ2) is 4.56. The number of hydrogen-bond acceptors (Lipinski definition) is 2. The first kappa shape index (κ1) is 12.2. The molecule has 1 aliphatic rings. The Morgan fingerprint density at radius 3 is 2.65 bits per heavy atom. The molecule has 0 radical (unpaired) electrons. The van der Waals surface area contributed by atoms with E-state index in [-0.39, 0.29) is 17.8 Å². The van der Waals surface area contributed by atoms with Crippen LogP contribution < -0.4 is 10.6 Å². The maximum atomic E-state index is 13.6. The number of benzene rings is 1. The fourth-order valence-corrected chi connectivity index (χ4v) is 2.32. The zero-order valence-corrected chi connectivity index (χ0v) is 9.59. The minimum atomic E-state index is -1.15. The van der Waals surface area contributed by atoms with Crippen LogP contribution in [-0.2, 0) is 0 Å². The van der Waals surface area contributed by atoms with E-state index >= 15 is 0 Å². The second-order valence-corrected chi connectivity index (χ2v) is 4.55. The number of nitrogens with two attached hydrogens (primary N) is 1. The van der Waals surface area contributed by atoms with Gasteiger partial charge in [0.25, 0.3) is 0 Å². The van der Waals surface area contributed by atoms with E-state index < -0.39 is 17.5 Å². The zero-order valence-electron chi connectivity index (χ0n) is 9.59. The monoisotopic (exact) mass is 244 g/mol. The molecule has 0 bridgehead atoms. The molecule has 2 atom stereocenters. The maximum absolute atomic E-state index is 13.6. The van der Waals surface area contributed by atoms with Gasteiger partial charge >= 0.3 is 0 Å². The summed E-state index contributed by atoms with van der Waals surface area (Å²) in [6.45, 7) is 2.39. The molecule has 1 heterocycles. The van der Waals surface area contributed by atoms with Crippen molar-refractivity contribution in [3.8, 4) is 0 Å². The Morgan fingerprint density at radius 2 is 2.00 bits per heavy atom. The summed E-state index contributed by atoms with van der Waals surface area (Å²) in [5.41, 5.74) is 5.78. The van der Waals surface area contributed by atoms with Crippen LogP contribution >= 0.6 is 0 Å². The first-order valence-corrected chi connectivity index (χ1v) is 5.66. The average molecular weight is 244 g/mol. The molecule has 2 N–H and O–H groups in total. The summed E-state index contributed by atoms with van der Waals surface area (Å²) in [6.07, 6.45) is 1.39. The van der Waals surface area contributed by atoms with E-state index in [4.69, 9.17) is 5.73 Å². The van der Waals surface area contributed by atoms with Gasteiger partial charge in [0.1, 0.15) is 5.82 Å². The van der Waals surface area contributed by atoms with Crippen LogP contribution in [0.4, 0.5) is 18.9 Å². The minimum Gasteiger partial charge on any atom is -0.366 e. The highest BCUT2D eigenvalue weighted by atomic mass is 19.2. The molecule has 1 aliphatic heterocycles. The number of nitrogens with zero attached hydrogens (tertiary/aromatic N) is 1. The summed E-state index contributed by atoms with van der Waals surface area (Å²) < 4.78 is 39.9. The fraction of sp³-hybridized carbons (Fsp3) is 0.500. The van der Waals surface area contributed by atoms with Crippen LogP contribution in [0.3, 0.4) is 0 Å². The normalized spacial score (nSPS) is 25.1. The van der Waals surface area contributed by atoms with Gasteiger partial charge in [-0.25, -0.2) is 13.2 Å². The lowest BCUT2D eigenvalue weighted by Gasteiger charge is -2.38. The van der Waals surface area contributed by atoms with Gasteiger partial charge in [-0.15, -0.1) is 0 Å². The molecule has 94 valence electrons. The van der Waals surface area contributed by atoms with Crippen molar-refractivity contribution in [1.29, 1.82) is 0 Å². The van der Waals surface area contributed by atoms with E-state index in [0.717, 1.165) is 6.07 Å². The maximum Gasteiger partial charge on any atom is 0.182 e. The van der Waals surface area contributed by atoms with Crippen molar-refractivity contribution in [3.63, 3.8) is 0 Å². The standard InChI is InChI=1S/C12H15F3N2/c1-7-4-9(16)2-3-17(7)11-6-8(13)5-10(14)12(11)15/h5-7,9H,2-4,16H2,1H3. The molecule has 0 spiro atoms. The van der Waals surface area contributed by atoms with Crippen LogP contribution in [0.5, 0.6) is 0 Å². The number of rotatable bonds is 1. The Kier molecular flexibility index (Phi) is 3.28. The molecule has 0 aliphatic carbocycles. The highest BCUT2D eigenvalue weighted by Crippen LogP contribution is 2.28. The van der Waals surface area contributed by atoms with Crippen LogP contribution in [0, 0.1) is 17.5 Å². The molecule has 1 aromatic carbocycles. The van der Waals surface area contributed by atoms with Crippen molar-refractivity contribution < 1.29 is 13.2 Å². The van der Waals surface area contributed by atoms with Gasteiger partial charge in [-0.1, -0.05) is 0 Å². The molecule has 2 rings (SSSR count). The summed E-state index contributed by atoms with van der Waals surface area (Å²) in [5.74, 6) is -2.91. The Labute approximate surface area is 98.2 Å². The van der Waals surface area contributed by atoms with E-state index in [9.17, 15) is 13.2 Å². The van der Waals surface area contributed by atoms with Crippen LogP contribution in [0.1, 0.15) is 19.8 Å². The van der Waals surface area contributed by atoms with E-state index in [2.05, 4.69) is 0 Å². The molecule has 0 saturated carbocycles. The lowest BCUT2D eigenvalue weighted by atomic mass is 9.98. The summed E-state index contributed by atoms with van der Waals surface area (Å²) in [7, 11) is 0. The molecule has 1 aromatic rings. The molecular weight excluding hydrogens is 229 g/mol. The summed E-state index contributed by atoms with van der Waals surface area (Å²) in [5, 5.41) is 0. The third-order valence-corrected chi connectivity index (χ3v) is 3.20. The van der Waals surface area contributed by atoms with E-state index in [1.54, 1.807) is 4.90 Å². The van der Waals surface area contributed by atoms with Crippen molar-refractivity contribution in [2.24, 2.45) is 5.73 Å². The van der Waals surface area contributed by atoms with E-state index in [1.165, 1.54) is 0 Å². The lowest BCUT2D eigenvalue weighted by Crippen LogP contribution is -2.46. The van der Waals surface area contributed by atoms with Crippen molar-refractivity contribution in [3.05, 3.63) is 29.6 Å². The molecule has 5 heteroatoms. The molecule has 17 heavy (non-hydrogen) atoms. The van der Waals surface area contributed by atoms with Crippen LogP contribution in [0.25, 0.3) is 0 Å². The molecule has 1 saturated heterocycles. The minimum absolute atomic E-state index is 0.0121. The quantitative estimate of drug-likeness (QED) is 0.769. The Bertz CT molecular complexity index is 422. The van der Waals surface area contributed by atoms with Crippen molar-refractivity contribution >= 4 is 5.69 Å². The average Bonchev–Trinajstić information content (AvgIpc) is 2.24. The molecule has 2 nitrogen and oxygen atoms in total. The molecule has 1 fully saturated rings. The summed E-state index contributed by atoms with van der Waals surface area (Å²) in [4.78, 5) is 1.67. The highest BCUT2D eigenvalue weighted by molar-refractivity contribution is 5.50. The van der Waals surface area contributed by atoms with Gasteiger partial charge in [-0.3, -0.25) is 0 Å². The Morgan fingerprint density at radius 1 is 1.29 bits per heavy atom. The van der Waals surface area contributed by atoms with Gasteiger partial charge < -0.3 is 10.6 Å². The lowest BCUT2D eigenvalue weighted by molar-refractivity contribution is 0.418. The fourth-order valence-electron chi connectivity index (χ4n) is 2.32. The first-order valence-electron chi connectivity index (χ1n) is 5.66. The summed E-state index contributed by atoms with van der Waals surface area (Å²) in [6, 6.07) is 1.64. The number of anilines is 1. The van der Waals surface area contributed by atoms with E-state index in [0.29, 0.717) is 25.5 Å². The van der Waals surface area contributed by atoms with Crippen LogP contribution in [0.15, 0.2) is 12.1 Å². The van der Waals surface area contributed by atoms with Gasteiger partial charge in [0.05, 0.1) is 5.69 Å². The predicted octanol–water partition coefficient (Wildman–Crippen LogP) is 2.42. The van der Waals surface area contributed by atoms with Crippen molar-refractivity contribution in [1.82, 2.24) is 0 Å². The Balaban J connectivity index is 2.33. The zero-order chi connectivity index (χ0) is 12.6. The highest BCUT2D eigenvalue weighted by Gasteiger charge is 2.26. The number of halogens is 3. The first-order chi connectivity index (χ1) is 7.99. The van der Waals surface area contributed by atoms with E-state index in [1.807, 2.05) is 6.92 Å². The van der Waals surface area contributed by atoms with Crippen LogP contribution in [0.2, 0.25) is 0 Å². The summed E-state index contributed by atoms with van der Waals surface area (Å²) >= 11 is 0. The third kappa shape index (κ3) is 2.39. The van der Waals surface area contributed by atoms with Gasteiger partial charge in [0.2, 0.25) is 0 Å². The molecule has 2 unspecified atom stereocenters. The Hall–Kier alpha value is -1.23. The second-order valence-electron chi connectivity index (χ2n) is 4.55. The molecule has 0 aromatic heterocycles. The van der Waals surface area contributed by atoms with Gasteiger partial charge in [0.15, 0.2) is 11.6 Å². The molecule has 0 amide bonds. The smallest absolute Gasteiger partial charge is 0.182 e. The third-order valence-electron chi connectivity index (χ3n) is 3.20. The van der Waals surface area contributed by atoms with Crippen LogP contribution in [-0.4, -0.2) is 18.6 Å². The SMILES string of the molecule is CC1CC(N)CCN1c1cc(F)cc(F)c1F. The largest absolute Gasteiger partial charge is 0.366 e. The van der Waals surface area contributed by atoms with Gasteiger partial charge in [0, 0.05) is 30.8 Å². The molecular formula is C12H15F3N2. The van der Waals surface area contributed by atoms with Crippen molar-refractivity contribution in [2.75, 3.05) is 11.4 Å². The topological polar surface area (TPSA) is 29.3 Å². The van der Waals surface area contributed by atoms with Gasteiger partial charge in [-0.2, -0.15) is 0 Å². The number of piperidine rings is 1. The van der Waals surface area contributed by atoms with Crippen molar-refractivity contribution in [2.45, 2.75) is 31.8 Å². The van der Waals surface area contributed by atoms with Gasteiger partial charge in [-0.05, 0) is 19.8 Å². The predicted molar refractivity (Wildman–Crippen MR) is 60.3 cm³/mol. The number of hydrogen-bond donors (Lipinski definition) is 1.